The maximum absolute atomic E-state index is 14.3. The molecule has 0 saturated heterocycles. The lowest BCUT2D eigenvalue weighted by Gasteiger charge is -2.31. The van der Waals surface area contributed by atoms with Crippen LogP contribution in [0.5, 0.6) is 0 Å². The van der Waals surface area contributed by atoms with Crippen molar-refractivity contribution in [2.75, 3.05) is 0 Å². The van der Waals surface area contributed by atoms with Crippen molar-refractivity contribution in [1.82, 2.24) is 0 Å². The highest BCUT2D eigenvalue weighted by Gasteiger charge is 2.40. The summed E-state index contributed by atoms with van der Waals surface area (Å²) in [7, 11) is 0. The molecule has 3 aliphatic heterocycles. The summed E-state index contributed by atoms with van der Waals surface area (Å²) < 4.78 is 62.2. The van der Waals surface area contributed by atoms with Crippen molar-refractivity contribution in [3.63, 3.8) is 0 Å². The Morgan fingerprint density at radius 1 is 0.581 bits per heavy atom. The molecule has 11 atom stereocenters. The lowest BCUT2D eigenvalue weighted by molar-refractivity contribution is -0.174. The first-order valence-electron chi connectivity index (χ1n) is 20.7. The molecule has 0 radical (unpaired) electrons. The predicted molar refractivity (Wildman–Crippen MR) is 229 cm³/mol. The number of hydrogen-bond donors (Lipinski definition) is 3. The van der Waals surface area contributed by atoms with Gasteiger partial charge in [-0.1, -0.05) is 152 Å². The summed E-state index contributed by atoms with van der Waals surface area (Å²) in [5.74, 6) is -2.63. The standard InChI is InChI=1S/C15H15FO5.C14H15FO3.C13H13FO3.3C2H6/c1-9(17)20-11-7-8-12(18)21-15(11)14(19)13(16)10-5-3-2-4-6-10;1-9-7-8-11(16)18-14(9)13(17)12(15)10-5-3-2-4-6-10;14-12(9-5-2-1-3-6-9)13(16)10-7-4-8-11(15)17-10;3*1-2/h2-8,11,13-15,19H,1H3;2-9,12-14,17H,1H3;1-6,8,10,12-13,16H,7H2;3*1-2H3. The van der Waals surface area contributed by atoms with Crippen LogP contribution < -0.4 is 0 Å². The summed E-state index contributed by atoms with van der Waals surface area (Å²) in [5.41, 5.74) is 1.01. The summed E-state index contributed by atoms with van der Waals surface area (Å²) >= 11 is 0. The van der Waals surface area contributed by atoms with Gasteiger partial charge < -0.3 is 34.3 Å². The molecular formula is C48H61F3O11. The van der Waals surface area contributed by atoms with Crippen LogP contribution in [0, 0.1) is 5.92 Å². The summed E-state index contributed by atoms with van der Waals surface area (Å²) in [5, 5.41) is 29.9. The number of carbonyl (C=O) groups excluding carboxylic acids is 4. The van der Waals surface area contributed by atoms with Crippen molar-refractivity contribution in [3.05, 3.63) is 144 Å². The fourth-order valence-electron chi connectivity index (χ4n) is 5.85. The Balaban J connectivity index is 0.000000440. The van der Waals surface area contributed by atoms with Crippen molar-refractivity contribution in [1.29, 1.82) is 0 Å². The largest absolute Gasteiger partial charge is 0.456 e. The fraction of sp³-hybridized carbons (Fsp3) is 0.417. The Kier molecular flexibility index (Phi) is 26.0. The van der Waals surface area contributed by atoms with Crippen LogP contribution in [-0.2, 0) is 38.1 Å². The SMILES string of the molecule is CC.CC.CC.CC(=O)OC1C=CC(=O)OC1C(O)C(F)c1ccccc1.CC1C=CC(=O)OC1C(O)C(F)c1ccccc1.O=C1C=CCC(C(O)C(F)c2ccccc2)O1. The summed E-state index contributed by atoms with van der Waals surface area (Å²) in [6, 6.07) is 24.7. The van der Waals surface area contributed by atoms with Gasteiger partial charge in [0.15, 0.2) is 30.7 Å². The number of hydrogen-bond acceptors (Lipinski definition) is 11. The van der Waals surface area contributed by atoms with E-state index in [-0.39, 0.29) is 11.5 Å². The second kappa shape index (κ2) is 29.6. The minimum Gasteiger partial charge on any atom is -0.456 e. The molecule has 340 valence electrons. The molecule has 3 N–H and O–H groups in total. The van der Waals surface area contributed by atoms with Crippen molar-refractivity contribution < 1.29 is 66.6 Å². The second-order valence-corrected chi connectivity index (χ2v) is 13.0. The number of cyclic esters (lactones) is 3. The van der Waals surface area contributed by atoms with Crippen molar-refractivity contribution in [2.45, 2.75) is 123 Å². The highest BCUT2D eigenvalue weighted by molar-refractivity contribution is 5.84. The van der Waals surface area contributed by atoms with E-state index in [1.807, 2.05) is 41.5 Å². The highest BCUT2D eigenvalue weighted by Crippen LogP contribution is 2.31. The third-order valence-corrected chi connectivity index (χ3v) is 8.80. The van der Waals surface area contributed by atoms with E-state index in [4.69, 9.17) is 18.9 Å². The number of esters is 4. The zero-order valence-corrected chi connectivity index (χ0v) is 36.4. The highest BCUT2D eigenvalue weighted by atomic mass is 19.1. The van der Waals surface area contributed by atoms with E-state index in [0.29, 0.717) is 17.5 Å². The first-order valence-corrected chi connectivity index (χ1v) is 20.7. The molecule has 3 aromatic rings. The van der Waals surface area contributed by atoms with Gasteiger partial charge in [0.2, 0.25) is 0 Å². The molecule has 62 heavy (non-hydrogen) atoms. The molecule has 0 spiro atoms. The van der Waals surface area contributed by atoms with Gasteiger partial charge in [0.05, 0.1) is 0 Å². The molecule has 3 aliphatic rings. The molecule has 0 aromatic heterocycles. The first kappa shape index (κ1) is 54.4. The van der Waals surface area contributed by atoms with Crippen molar-refractivity contribution in [2.24, 2.45) is 5.92 Å². The van der Waals surface area contributed by atoms with Gasteiger partial charge in [-0.25, -0.2) is 27.6 Å². The van der Waals surface area contributed by atoms with Gasteiger partial charge in [-0.15, -0.1) is 0 Å². The lowest BCUT2D eigenvalue weighted by atomic mass is 9.92. The van der Waals surface area contributed by atoms with Crippen LogP contribution in [0.4, 0.5) is 13.2 Å². The molecule has 14 heteroatoms. The molecule has 6 rings (SSSR count). The van der Waals surface area contributed by atoms with Crippen LogP contribution in [0.3, 0.4) is 0 Å². The van der Waals surface area contributed by atoms with Gasteiger partial charge >= 0.3 is 23.9 Å². The molecule has 0 amide bonds. The molecule has 11 nitrogen and oxygen atoms in total. The Bertz CT molecular complexity index is 1830. The molecule has 11 unspecified atom stereocenters. The quantitative estimate of drug-likeness (QED) is 0.132. The Morgan fingerprint density at radius 2 is 0.952 bits per heavy atom. The van der Waals surface area contributed by atoms with Gasteiger partial charge in [-0.3, -0.25) is 4.79 Å². The van der Waals surface area contributed by atoms with E-state index >= 15 is 0 Å². The Hall–Kier alpha value is -5.57. The number of halogens is 3. The summed E-state index contributed by atoms with van der Waals surface area (Å²) in [6.07, 6.45) is -4.76. The minimum absolute atomic E-state index is 0.209. The second-order valence-electron chi connectivity index (χ2n) is 13.0. The Labute approximate surface area is 362 Å². The van der Waals surface area contributed by atoms with Crippen LogP contribution in [0.2, 0.25) is 0 Å². The van der Waals surface area contributed by atoms with E-state index in [0.717, 1.165) is 6.08 Å². The minimum atomic E-state index is -1.77. The van der Waals surface area contributed by atoms with Crippen molar-refractivity contribution >= 4 is 23.9 Å². The monoisotopic (exact) mass is 870 g/mol. The molecule has 0 saturated carbocycles. The molecule has 3 aromatic carbocycles. The predicted octanol–water partition coefficient (Wildman–Crippen LogP) is 8.66. The lowest BCUT2D eigenvalue weighted by Crippen LogP contribution is -2.46. The zero-order valence-electron chi connectivity index (χ0n) is 36.4. The number of ether oxygens (including phenoxy) is 4. The normalized spacial score (nSPS) is 22.4. The van der Waals surface area contributed by atoms with Crippen LogP contribution in [-0.4, -0.2) is 81.9 Å². The Morgan fingerprint density at radius 3 is 1.37 bits per heavy atom. The van der Waals surface area contributed by atoms with Gasteiger partial charge in [0, 0.05) is 37.5 Å². The number of aliphatic hydroxyl groups is 3. The van der Waals surface area contributed by atoms with Gasteiger partial charge in [0.25, 0.3) is 0 Å². The van der Waals surface area contributed by atoms with Crippen LogP contribution in [0.15, 0.2) is 127 Å². The van der Waals surface area contributed by atoms with E-state index < -0.39 is 85.1 Å². The summed E-state index contributed by atoms with van der Waals surface area (Å²) in [4.78, 5) is 44.4. The van der Waals surface area contributed by atoms with Crippen LogP contribution in [0.1, 0.15) is 97.0 Å². The first-order chi connectivity index (χ1) is 29.8. The average molecular weight is 871 g/mol. The molecule has 0 fully saturated rings. The fourth-order valence-corrected chi connectivity index (χ4v) is 5.85. The smallest absolute Gasteiger partial charge is 0.331 e. The maximum atomic E-state index is 14.3. The number of aliphatic hydroxyl groups excluding tert-OH is 3. The third kappa shape index (κ3) is 17.4. The van der Waals surface area contributed by atoms with Gasteiger partial charge in [-0.2, -0.15) is 0 Å². The number of rotatable bonds is 10. The zero-order chi connectivity index (χ0) is 46.8. The molecule has 0 bridgehead atoms. The molecule has 3 heterocycles. The van der Waals surface area contributed by atoms with E-state index in [1.54, 1.807) is 97.9 Å². The number of carbonyl (C=O) groups is 4. The van der Waals surface area contributed by atoms with E-state index in [1.165, 1.54) is 37.3 Å². The topological polar surface area (TPSA) is 166 Å². The molecule has 0 aliphatic carbocycles. The maximum Gasteiger partial charge on any atom is 0.331 e. The number of alkyl halides is 3. The van der Waals surface area contributed by atoms with Crippen LogP contribution >= 0.6 is 0 Å². The number of benzene rings is 3. The van der Waals surface area contributed by atoms with Crippen molar-refractivity contribution in [3.8, 4) is 0 Å². The van der Waals surface area contributed by atoms with E-state index in [2.05, 4.69) is 0 Å². The van der Waals surface area contributed by atoms with Gasteiger partial charge in [-0.05, 0) is 22.8 Å². The van der Waals surface area contributed by atoms with Crippen LogP contribution in [0.25, 0.3) is 0 Å². The average Bonchev–Trinajstić information content (AvgIpc) is 3.32. The third-order valence-electron chi connectivity index (χ3n) is 8.80. The summed E-state index contributed by atoms with van der Waals surface area (Å²) in [6.45, 7) is 15.0. The van der Waals surface area contributed by atoms with E-state index in [9.17, 15) is 47.7 Å². The van der Waals surface area contributed by atoms with Gasteiger partial charge in [0.1, 0.15) is 30.5 Å². The molecular weight excluding hydrogens is 810 g/mol.